The normalized spacial score (nSPS) is 15.3. The molecule has 1 N–H and O–H groups in total. The number of likely N-dealkylation sites (tertiary alicyclic amines) is 1. The number of carbonyl (C=O) groups is 1. The first-order chi connectivity index (χ1) is 14.3. The molecule has 0 radical (unpaired) electrons. The number of amides is 1. The van der Waals surface area contributed by atoms with E-state index in [1.807, 2.05) is 36.4 Å². The Labute approximate surface area is 174 Å². The number of piperidine rings is 1. The van der Waals surface area contributed by atoms with Gasteiger partial charge in [0.2, 0.25) is 11.1 Å². The summed E-state index contributed by atoms with van der Waals surface area (Å²) in [6.45, 7) is 2.97. The predicted octanol–water partition coefficient (Wildman–Crippen LogP) is 2.54. The molecule has 150 valence electrons. The summed E-state index contributed by atoms with van der Waals surface area (Å²) in [5, 5.41) is 15.6. The van der Waals surface area contributed by atoms with Gasteiger partial charge in [0.15, 0.2) is 0 Å². The van der Waals surface area contributed by atoms with Crippen LogP contribution in [0.15, 0.2) is 65.8 Å². The highest BCUT2D eigenvalue weighted by atomic mass is 32.2. The SMILES string of the molecule is O=C(CSc1nnnn1-c1ccccc1)NC1CCN(Cc2ccccc2)CC1. The van der Waals surface area contributed by atoms with Gasteiger partial charge in [-0.15, -0.1) is 5.10 Å². The van der Waals surface area contributed by atoms with E-state index >= 15 is 0 Å². The van der Waals surface area contributed by atoms with E-state index in [1.54, 1.807) is 4.68 Å². The van der Waals surface area contributed by atoms with Gasteiger partial charge in [0.05, 0.1) is 11.4 Å². The van der Waals surface area contributed by atoms with Gasteiger partial charge >= 0.3 is 0 Å². The molecule has 2 heterocycles. The van der Waals surface area contributed by atoms with Gasteiger partial charge in [-0.2, -0.15) is 4.68 Å². The second-order valence-corrected chi connectivity index (χ2v) is 8.04. The maximum Gasteiger partial charge on any atom is 0.230 e. The topological polar surface area (TPSA) is 75.9 Å². The molecule has 0 unspecified atom stereocenters. The lowest BCUT2D eigenvalue weighted by atomic mass is 10.0. The van der Waals surface area contributed by atoms with Crippen LogP contribution in [0.4, 0.5) is 0 Å². The average molecular weight is 409 g/mol. The summed E-state index contributed by atoms with van der Waals surface area (Å²) in [4.78, 5) is 14.8. The van der Waals surface area contributed by atoms with Crippen LogP contribution in [-0.4, -0.2) is 55.9 Å². The molecule has 0 atom stereocenters. The highest BCUT2D eigenvalue weighted by Crippen LogP contribution is 2.18. The Kier molecular flexibility index (Phi) is 6.53. The molecule has 0 bridgehead atoms. The number of aromatic nitrogens is 4. The van der Waals surface area contributed by atoms with Crippen molar-refractivity contribution < 1.29 is 4.79 Å². The molecule has 4 rings (SSSR count). The van der Waals surface area contributed by atoms with Crippen molar-refractivity contribution in [2.75, 3.05) is 18.8 Å². The summed E-state index contributed by atoms with van der Waals surface area (Å²) < 4.78 is 1.65. The van der Waals surface area contributed by atoms with E-state index in [4.69, 9.17) is 0 Å². The van der Waals surface area contributed by atoms with E-state index in [2.05, 4.69) is 50.0 Å². The number of nitrogens with one attached hydrogen (secondary N) is 1. The van der Waals surface area contributed by atoms with E-state index in [0.29, 0.717) is 10.9 Å². The minimum atomic E-state index is 0.0270. The summed E-state index contributed by atoms with van der Waals surface area (Å²) in [5.41, 5.74) is 2.22. The summed E-state index contributed by atoms with van der Waals surface area (Å²) in [6.07, 6.45) is 1.95. The number of para-hydroxylation sites is 1. The molecule has 7 nitrogen and oxygen atoms in total. The number of carbonyl (C=O) groups excluding carboxylic acids is 1. The standard InChI is InChI=1S/C21H24N6OS/c28-20(16-29-21-23-24-25-27(21)19-9-5-2-6-10-19)22-18-11-13-26(14-12-18)15-17-7-3-1-4-8-17/h1-10,18H,11-16H2,(H,22,28). The zero-order chi connectivity index (χ0) is 19.9. The zero-order valence-electron chi connectivity index (χ0n) is 16.1. The fourth-order valence-electron chi connectivity index (χ4n) is 3.48. The van der Waals surface area contributed by atoms with Crippen molar-refractivity contribution in [1.29, 1.82) is 0 Å². The Morgan fingerprint density at radius 3 is 2.45 bits per heavy atom. The van der Waals surface area contributed by atoms with Gasteiger partial charge in [-0.05, 0) is 41.0 Å². The Morgan fingerprint density at radius 1 is 1.03 bits per heavy atom. The fraction of sp³-hybridized carbons (Fsp3) is 0.333. The molecule has 1 saturated heterocycles. The lowest BCUT2D eigenvalue weighted by Crippen LogP contribution is -2.44. The third-order valence-electron chi connectivity index (χ3n) is 4.98. The Hall–Kier alpha value is -2.71. The number of hydrogen-bond donors (Lipinski definition) is 1. The van der Waals surface area contributed by atoms with Gasteiger partial charge in [0.25, 0.3) is 0 Å². The van der Waals surface area contributed by atoms with Crippen LogP contribution < -0.4 is 5.32 Å². The quantitative estimate of drug-likeness (QED) is 0.606. The van der Waals surface area contributed by atoms with Gasteiger partial charge in [-0.3, -0.25) is 9.69 Å². The van der Waals surface area contributed by atoms with Crippen molar-refractivity contribution in [3.05, 3.63) is 66.2 Å². The lowest BCUT2D eigenvalue weighted by Gasteiger charge is -2.32. The monoisotopic (exact) mass is 408 g/mol. The van der Waals surface area contributed by atoms with Crippen LogP contribution in [0, 0.1) is 0 Å². The molecule has 3 aromatic rings. The van der Waals surface area contributed by atoms with Crippen molar-refractivity contribution in [3.63, 3.8) is 0 Å². The van der Waals surface area contributed by atoms with Crippen LogP contribution in [0.5, 0.6) is 0 Å². The van der Waals surface area contributed by atoms with E-state index in [0.717, 1.165) is 38.2 Å². The number of thioether (sulfide) groups is 1. The average Bonchev–Trinajstić information content (AvgIpc) is 3.24. The van der Waals surface area contributed by atoms with Gasteiger partial charge in [0, 0.05) is 25.7 Å². The first-order valence-corrected chi connectivity index (χ1v) is 10.8. The highest BCUT2D eigenvalue weighted by molar-refractivity contribution is 7.99. The molecular formula is C21H24N6OS. The predicted molar refractivity (Wildman–Crippen MR) is 113 cm³/mol. The van der Waals surface area contributed by atoms with Crippen LogP contribution in [0.25, 0.3) is 5.69 Å². The van der Waals surface area contributed by atoms with E-state index < -0.39 is 0 Å². The largest absolute Gasteiger partial charge is 0.353 e. The minimum absolute atomic E-state index is 0.0270. The van der Waals surface area contributed by atoms with E-state index in [1.165, 1.54) is 17.3 Å². The molecule has 1 aromatic heterocycles. The third-order valence-corrected chi connectivity index (χ3v) is 5.90. The minimum Gasteiger partial charge on any atom is -0.353 e. The molecule has 8 heteroatoms. The molecule has 1 fully saturated rings. The smallest absolute Gasteiger partial charge is 0.230 e. The number of rotatable bonds is 7. The van der Waals surface area contributed by atoms with Crippen LogP contribution in [0.2, 0.25) is 0 Å². The van der Waals surface area contributed by atoms with Crippen molar-refractivity contribution in [3.8, 4) is 5.69 Å². The number of hydrogen-bond acceptors (Lipinski definition) is 6. The lowest BCUT2D eigenvalue weighted by molar-refractivity contribution is -0.119. The number of nitrogens with zero attached hydrogens (tertiary/aromatic N) is 5. The van der Waals surface area contributed by atoms with Gasteiger partial charge < -0.3 is 5.32 Å². The Bertz CT molecular complexity index is 909. The van der Waals surface area contributed by atoms with Crippen molar-refractivity contribution >= 4 is 17.7 Å². The van der Waals surface area contributed by atoms with E-state index in [9.17, 15) is 4.79 Å². The summed E-state index contributed by atoms with van der Waals surface area (Å²) in [7, 11) is 0. The summed E-state index contributed by atoms with van der Waals surface area (Å²) in [6, 6.07) is 20.4. The molecule has 0 saturated carbocycles. The highest BCUT2D eigenvalue weighted by Gasteiger charge is 2.21. The number of benzene rings is 2. The maximum atomic E-state index is 12.4. The molecule has 29 heavy (non-hydrogen) atoms. The van der Waals surface area contributed by atoms with Crippen LogP contribution in [0.3, 0.4) is 0 Å². The molecule has 1 amide bonds. The summed E-state index contributed by atoms with van der Waals surface area (Å²) in [5.74, 6) is 0.330. The maximum absolute atomic E-state index is 12.4. The second kappa shape index (κ2) is 9.67. The summed E-state index contributed by atoms with van der Waals surface area (Å²) >= 11 is 1.35. The van der Waals surface area contributed by atoms with Crippen molar-refractivity contribution in [2.45, 2.75) is 30.6 Å². The second-order valence-electron chi connectivity index (χ2n) is 7.10. The van der Waals surface area contributed by atoms with Gasteiger partial charge in [0.1, 0.15) is 0 Å². The zero-order valence-corrected chi connectivity index (χ0v) is 17.0. The molecule has 0 aliphatic carbocycles. The first kappa shape index (κ1) is 19.6. The number of tetrazole rings is 1. The van der Waals surface area contributed by atoms with Gasteiger partial charge in [-0.1, -0.05) is 60.3 Å². The molecule has 2 aromatic carbocycles. The Balaban J connectivity index is 1.22. The molecular weight excluding hydrogens is 384 g/mol. The first-order valence-electron chi connectivity index (χ1n) is 9.80. The third kappa shape index (κ3) is 5.42. The molecule has 1 aliphatic rings. The van der Waals surface area contributed by atoms with Crippen LogP contribution >= 0.6 is 11.8 Å². The van der Waals surface area contributed by atoms with Crippen molar-refractivity contribution in [2.24, 2.45) is 0 Å². The van der Waals surface area contributed by atoms with Crippen LogP contribution in [0.1, 0.15) is 18.4 Å². The van der Waals surface area contributed by atoms with E-state index in [-0.39, 0.29) is 11.9 Å². The fourth-order valence-corrected chi connectivity index (χ4v) is 4.18. The Morgan fingerprint density at radius 2 is 1.72 bits per heavy atom. The molecule has 1 aliphatic heterocycles. The van der Waals surface area contributed by atoms with Crippen LogP contribution in [-0.2, 0) is 11.3 Å². The van der Waals surface area contributed by atoms with Crippen molar-refractivity contribution in [1.82, 2.24) is 30.4 Å². The van der Waals surface area contributed by atoms with Gasteiger partial charge in [-0.25, -0.2) is 0 Å². The molecule has 0 spiro atoms.